The number of carboxylic acids is 1. The van der Waals surface area contributed by atoms with Crippen LogP contribution in [0.1, 0.15) is 35.2 Å². The van der Waals surface area contributed by atoms with Gasteiger partial charge in [0.2, 0.25) is 0 Å². The number of ether oxygens (including phenoxy) is 1. The van der Waals surface area contributed by atoms with Crippen molar-refractivity contribution in [3.63, 3.8) is 0 Å². The van der Waals surface area contributed by atoms with Gasteiger partial charge in [0.15, 0.2) is 0 Å². The minimum atomic E-state index is -0.928. The first-order chi connectivity index (χ1) is 9.65. The SMILES string of the molecule is COCc1ccccc1C(=O)N1CCCC[C@H]1C(=O)O. The van der Waals surface area contributed by atoms with Gasteiger partial charge in [-0.1, -0.05) is 18.2 Å². The molecule has 0 radical (unpaired) electrons. The van der Waals surface area contributed by atoms with Gasteiger partial charge in [-0.15, -0.1) is 0 Å². The van der Waals surface area contributed by atoms with E-state index in [1.165, 1.54) is 4.90 Å². The quantitative estimate of drug-likeness (QED) is 0.913. The molecule has 0 aliphatic carbocycles. The van der Waals surface area contributed by atoms with E-state index in [-0.39, 0.29) is 5.91 Å². The Kier molecular flexibility index (Phi) is 4.74. The summed E-state index contributed by atoms with van der Waals surface area (Å²) in [6.07, 6.45) is 2.22. The highest BCUT2D eigenvalue weighted by atomic mass is 16.5. The maximum absolute atomic E-state index is 12.6. The molecule has 1 atom stereocenters. The molecule has 1 aromatic carbocycles. The van der Waals surface area contributed by atoms with Gasteiger partial charge >= 0.3 is 5.97 Å². The minimum Gasteiger partial charge on any atom is -0.480 e. The standard InChI is InChI=1S/C15H19NO4/c1-20-10-11-6-2-3-7-12(11)14(17)16-9-5-4-8-13(16)15(18)19/h2-3,6-7,13H,4-5,8-10H2,1H3,(H,18,19)/t13-/m0/s1. The second-order valence-electron chi connectivity index (χ2n) is 4.94. The third-order valence-corrected chi connectivity index (χ3v) is 3.60. The van der Waals surface area contributed by atoms with Crippen molar-refractivity contribution in [2.45, 2.75) is 31.9 Å². The van der Waals surface area contributed by atoms with Crippen molar-refractivity contribution < 1.29 is 19.4 Å². The fourth-order valence-corrected chi connectivity index (χ4v) is 2.60. The Morgan fingerprint density at radius 1 is 1.35 bits per heavy atom. The normalized spacial score (nSPS) is 18.9. The molecule has 1 amide bonds. The minimum absolute atomic E-state index is 0.218. The van der Waals surface area contributed by atoms with E-state index in [1.807, 2.05) is 12.1 Å². The Hall–Kier alpha value is -1.88. The van der Waals surface area contributed by atoms with E-state index in [9.17, 15) is 14.7 Å². The highest BCUT2D eigenvalue weighted by Crippen LogP contribution is 2.21. The molecule has 0 saturated carbocycles. The zero-order valence-corrected chi connectivity index (χ0v) is 11.5. The lowest BCUT2D eigenvalue weighted by molar-refractivity contribution is -0.143. The van der Waals surface area contributed by atoms with Crippen LogP contribution in [0.25, 0.3) is 0 Å². The summed E-state index contributed by atoms with van der Waals surface area (Å²) in [5.41, 5.74) is 1.32. The molecule has 20 heavy (non-hydrogen) atoms. The lowest BCUT2D eigenvalue weighted by atomic mass is 9.99. The van der Waals surface area contributed by atoms with E-state index in [4.69, 9.17) is 4.74 Å². The fraction of sp³-hybridized carbons (Fsp3) is 0.467. The van der Waals surface area contributed by atoms with Crippen LogP contribution >= 0.6 is 0 Å². The number of nitrogens with zero attached hydrogens (tertiary/aromatic N) is 1. The Morgan fingerprint density at radius 2 is 2.10 bits per heavy atom. The van der Waals surface area contributed by atoms with E-state index >= 15 is 0 Å². The van der Waals surface area contributed by atoms with Crippen LogP contribution in [0.3, 0.4) is 0 Å². The number of aliphatic carboxylic acids is 1. The zero-order valence-electron chi connectivity index (χ0n) is 11.5. The van der Waals surface area contributed by atoms with Gasteiger partial charge in [0.05, 0.1) is 6.61 Å². The predicted molar refractivity (Wildman–Crippen MR) is 73.5 cm³/mol. The smallest absolute Gasteiger partial charge is 0.326 e. The summed E-state index contributed by atoms with van der Waals surface area (Å²) in [7, 11) is 1.57. The predicted octanol–water partition coefficient (Wildman–Crippen LogP) is 1.91. The van der Waals surface area contributed by atoms with Crippen LogP contribution in [-0.2, 0) is 16.1 Å². The molecule has 0 aromatic heterocycles. The molecule has 5 heteroatoms. The molecule has 2 rings (SSSR count). The van der Waals surface area contributed by atoms with Crippen molar-refractivity contribution in [2.24, 2.45) is 0 Å². The van der Waals surface area contributed by atoms with E-state index in [1.54, 1.807) is 19.2 Å². The number of hydrogen-bond acceptors (Lipinski definition) is 3. The summed E-state index contributed by atoms with van der Waals surface area (Å²) in [4.78, 5) is 25.4. The van der Waals surface area contributed by atoms with Crippen molar-refractivity contribution in [1.82, 2.24) is 4.90 Å². The van der Waals surface area contributed by atoms with Crippen molar-refractivity contribution in [3.8, 4) is 0 Å². The maximum Gasteiger partial charge on any atom is 0.326 e. The number of rotatable bonds is 4. The van der Waals surface area contributed by atoms with Crippen LogP contribution < -0.4 is 0 Å². The number of carboxylic acid groups (broad SMARTS) is 1. The van der Waals surface area contributed by atoms with Crippen LogP contribution in [0.4, 0.5) is 0 Å². The van der Waals surface area contributed by atoms with Gasteiger partial charge in [0, 0.05) is 19.2 Å². The summed E-state index contributed by atoms with van der Waals surface area (Å²) < 4.78 is 5.09. The summed E-state index contributed by atoms with van der Waals surface area (Å²) in [6.45, 7) is 0.838. The van der Waals surface area contributed by atoms with Crippen LogP contribution in [0, 0.1) is 0 Å². The molecule has 1 aromatic rings. The topological polar surface area (TPSA) is 66.8 Å². The van der Waals surface area contributed by atoms with Gasteiger partial charge in [0.1, 0.15) is 6.04 Å². The number of carbonyl (C=O) groups is 2. The summed E-state index contributed by atoms with van der Waals surface area (Å²) in [6, 6.07) is 6.47. The van der Waals surface area contributed by atoms with E-state index in [2.05, 4.69) is 0 Å². The van der Waals surface area contributed by atoms with Gasteiger partial charge in [-0.05, 0) is 30.9 Å². The van der Waals surface area contributed by atoms with Crippen molar-refractivity contribution in [3.05, 3.63) is 35.4 Å². The molecule has 1 saturated heterocycles. The van der Waals surface area contributed by atoms with Crippen molar-refractivity contribution >= 4 is 11.9 Å². The average molecular weight is 277 g/mol. The number of amides is 1. The highest BCUT2D eigenvalue weighted by Gasteiger charge is 2.33. The largest absolute Gasteiger partial charge is 0.480 e. The molecular formula is C15H19NO4. The zero-order chi connectivity index (χ0) is 14.5. The summed E-state index contributed by atoms with van der Waals surface area (Å²) in [5.74, 6) is -1.15. The second-order valence-corrected chi connectivity index (χ2v) is 4.94. The Morgan fingerprint density at radius 3 is 2.80 bits per heavy atom. The first-order valence-corrected chi connectivity index (χ1v) is 6.75. The average Bonchev–Trinajstić information content (AvgIpc) is 2.47. The number of carbonyl (C=O) groups excluding carboxylic acids is 1. The monoisotopic (exact) mass is 277 g/mol. The van der Waals surface area contributed by atoms with Crippen LogP contribution in [0.2, 0.25) is 0 Å². The highest BCUT2D eigenvalue weighted by molar-refractivity contribution is 5.98. The molecule has 1 fully saturated rings. The number of piperidine rings is 1. The first-order valence-electron chi connectivity index (χ1n) is 6.75. The van der Waals surface area contributed by atoms with E-state index in [0.29, 0.717) is 25.1 Å². The Balaban J connectivity index is 2.27. The number of hydrogen-bond donors (Lipinski definition) is 1. The molecule has 108 valence electrons. The van der Waals surface area contributed by atoms with Crippen molar-refractivity contribution in [1.29, 1.82) is 0 Å². The second kappa shape index (κ2) is 6.52. The molecule has 1 heterocycles. The number of benzene rings is 1. The Labute approximate surface area is 118 Å². The molecular weight excluding hydrogens is 258 g/mol. The molecule has 0 unspecified atom stereocenters. The third-order valence-electron chi connectivity index (χ3n) is 3.60. The Bertz CT molecular complexity index is 500. The van der Waals surface area contributed by atoms with Crippen LogP contribution in [0.15, 0.2) is 24.3 Å². The van der Waals surface area contributed by atoms with Gasteiger partial charge in [-0.2, -0.15) is 0 Å². The van der Waals surface area contributed by atoms with E-state index in [0.717, 1.165) is 18.4 Å². The summed E-state index contributed by atoms with van der Waals surface area (Å²) >= 11 is 0. The molecule has 0 spiro atoms. The third kappa shape index (κ3) is 2.99. The number of likely N-dealkylation sites (tertiary alicyclic amines) is 1. The maximum atomic E-state index is 12.6. The molecule has 5 nitrogen and oxygen atoms in total. The van der Waals surface area contributed by atoms with Crippen molar-refractivity contribution in [2.75, 3.05) is 13.7 Å². The lowest BCUT2D eigenvalue weighted by Crippen LogP contribution is -2.48. The first kappa shape index (κ1) is 14.5. The molecule has 1 aliphatic heterocycles. The number of methoxy groups -OCH3 is 1. The van der Waals surface area contributed by atoms with Gasteiger partial charge in [-0.25, -0.2) is 4.79 Å². The lowest BCUT2D eigenvalue weighted by Gasteiger charge is -2.33. The van der Waals surface area contributed by atoms with E-state index < -0.39 is 12.0 Å². The molecule has 0 bridgehead atoms. The van der Waals surface area contributed by atoms with Crippen LogP contribution in [0.5, 0.6) is 0 Å². The fourth-order valence-electron chi connectivity index (χ4n) is 2.60. The molecule has 1 aliphatic rings. The van der Waals surface area contributed by atoms with Gasteiger partial charge in [0.25, 0.3) is 5.91 Å². The van der Waals surface area contributed by atoms with Gasteiger partial charge in [-0.3, -0.25) is 4.79 Å². The van der Waals surface area contributed by atoms with Gasteiger partial charge < -0.3 is 14.7 Å². The molecule has 1 N–H and O–H groups in total. The van der Waals surface area contributed by atoms with Crippen LogP contribution in [-0.4, -0.2) is 41.6 Å². The summed E-state index contributed by atoms with van der Waals surface area (Å²) in [5, 5.41) is 9.26.